The molecular formula is C6H10CoO4. The fraction of sp³-hybridized carbons (Fsp3) is 0.667. The Morgan fingerprint density at radius 2 is 1.09 bits per heavy atom. The first-order valence-electron chi connectivity index (χ1n) is 2.94. The van der Waals surface area contributed by atoms with Crippen LogP contribution in [0.15, 0.2) is 0 Å². The van der Waals surface area contributed by atoms with Gasteiger partial charge in [0.05, 0.1) is 0 Å². The SMILES string of the molecule is CCC(=O)[O-].CCC(=O)[O-].[Co+2]. The molecule has 0 aliphatic heterocycles. The minimum absolute atomic E-state index is 0. The molecule has 0 amide bonds. The van der Waals surface area contributed by atoms with E-state index in [1.807, 2.05) is 0 Å². The molecule has 67 valence electrons. The van der Waals surface area contributed by atoms with Crippen molar-refractivity contribution in [1.29, 1.82) is 0 Å². The smallest absolute Gasteiger partial charge is 0.550 e. The van der Waals surface area contributed by atoms with E-state index >= 15 is 0 Å². The van der Waals surface area contributed by atoms with Gasteiger partial charge in [0.15, 0.2) is 0 Å². The first-order valence-corrected chi connectivity index (χ1v) is 2.94. The number of carboxylic acids is 2. The first-order chi connectivity index (χ1) is 4.54. The van der Waals surface area contributed by atoms with Gasteiger partial charge in [-0.3, -0.25) is 0 Å². The van der Waals surface area contributed by atoms with E-state index < -0.39 is 11.9 Å². The predicted octanol–water partition coefficient (Wildman–Crippen LogP) is -1.71. The zero-order valence-electron chi connectivity index (χ0n) is 6.38. The van der Waals surface area contributed by atoms with Crippen molar-refractivity contribution in [2.75, 3.05) is 0 Å². The van der Waals surface area contributed by atoms with Gasteiger partial charge >= 0.3 is 16.8 Å². The average Bonchev–Trinajstić information content (AvgIpc) is 1.89. The van der Waals surface area contributed by atoms with E-state index in [2.05, 4.69) is 0 Å². The summed E-state index contributed by atoms with van der Waals surface area (Å²) < 4.78 is 0. The molecule has 0 rings (SSSR count). The van der Waals surface area contributed by atoms with E-state index in [0.717, 1.165) is 0 Å². The van der Waals surface area contributed by atoms with E-state index in [4.69, 9.17) is 0 Å². The molecule has 5 heteroatoms. The quantitative estimate of drug-likeness (QED) is 0.537. The molecule has 0 unspecified atom stereocenters. The van der Waals surface area contributed by atoms with Crippen LogP contribution in [0.3, 0.4) is 0 Å². The Balaban J connectivity index is -0.000000107. The van der Waals surface area contributed by atoms with E-state index in [0.29, 0.717) is 0 Å². The van der Waals surface area contributed by atoms with Crippen LogP contribution in [0, 0.1) is 0 Å². The minimum atomic E-state index is -0.995. The molecule has 0 heterocycles. The standard InChI is InChI=1S/2C3H6O2.Co/c2*1-2-3(4)5;/h2*2H2,1H3,(H,4,5);/q;;+2/p-2. The van der Waals surface area contributed by atoms with Gasteiger partial charge in [0.25, 0.3) is 0 Å². The topological polar surface area (TPSA) is 80.3 Å². The monoisotopic (exact) mass is 205 g/mol. The predicted molar refractivity (Wildman–Crippen MR) is 30.6 cm³/mol. The van der Waals surface area contributed by atoms with Gasteiger partial charge in [0.1, 0.15) is 0 Å². The Morgan fingerprint density at radius 3 is 1.09 bits per heavy atom. The van der Waals surface area contributed by atoms with Gasteiger partial charge in [-0.2, -0.15) is 0 Å². The van der Waals surface area contributed by atoms with Gasteiger partial charge in [0, 0.05) is 11.9 Å². The molecule has 0 atom stereocenters. The van der Waals surface area contributed by atoms with Crippen LogP contribution in [0.2, 0.25) is 0 Å². The van der Waals surface area contributed by atoms with Crippen LogP contribution < -0.4 is 10.2 Å². The van der Waals surface area contributed by atoms with Crippen LogP contribution in [0.5, 0.6) is 0 Å². The van der Waals surface area contributed by atoms with E-state index in [1.165, 1.54) is 13.8 Å². The third kappa shape index (κ3) is 44.1. The molecule has 1 radical (unpaired) electrons. The van der Waals surface area contributed by atoms with E-state index in [1.54, 1.807) is 0 Å². The molecule has 4 nitrogen and oxygen atoms in total. The summed E-state index contributed by atoms with van der Waals surface area (Å²) in [7, 11) is 0. The van der Waals surface area contributed by atoms with Crippen LogP contribution in [-0.4, -0.2) is 11.9 Å². The summed E-state index contributed by atoms with van der Waals surface area (Å²) in [5, 5.41) is 18.5. The summed E-state index contributed by atoms with van der Waals surface area (Å²) in [6.07, 6.45) is 0.222. The fourth-order valence-corrected chi connectivity index (χ4v) is 0. The zero-order chi connectivity index (χ0) is 8.57. The normalized spacial score (nSPS) is 6.73. The van der Waals surface area contributed by atoms with Crippen LogP contribution in [0.4, 0.5) is 0 Å². The maximum atomic E-state index is 9.26. The van der Waals surface area contributed by atoms with Crippen molar-refractivity contribution in [1.82, 2.24) is 0 Å². The summed E-state index contributed by atoms with van der Waals surface area (Å²) in [5.41, 5.74) is 0. The summed E-state index contributed by atoms with van der Waals surface area (Å²) >= 11 is 0. The van der Waals surface area contributed by atoms with Crippen molar-refractivity contribution in [2.45, 2.75) is 26.7 Å². The maximum Gasteiger partial charge on any atom is 2.00 e. The van der Waals surface area contributed by atoms with Crippen LogP contribution >= 0.6 is 0 Å². The van der Waals surface area contributed by atoms with Crippen molar-refractivity contribution in [2.24, 2.45) is 0 Å². The van der Waals surface area contributed by atoms with E-state index in [-0.39, 0.29) is 29.6 Å². The summed E-state index contributed by atoms with van der Waals surface area (Å²) in [4.78, 5) is 18.5. The number of rotatable bonds is 2. The van der Waals surface area contributed by atoms with Gasteiger partial charge in [-0.05, 0) is 12.8 Å². The third-order valence-electron chi connectivity index (χ3n) is 0.577. The van der Waals surface area contributed by atoms with Gasteiger partial charge in [-0.15, -0.1) is 0 Å². The van der Waals surface area contributed by atoms with E-state index in [9.17, 15) is 19.8 Å². The second kappa shape index (κ2) is 12.2. The van der Waals surface area contributed by atoms with Crippen molar-refractivity contribution in [3.63, 3.8) is 0 Å². The molecular weight excluding hydrogens is 195 g/mol. The van der Waals surface area contributed by atoms with Gasteiger partial charge < -0.3 is 19.8 Å². The molecule has 0 aliphatic rings. The second-order valence-electron chi connectivity index (χ2n) is 1.45. The largest absolute Gasteiger partial charge is 2.00 e. The van der Waals surface area contributed by atoms with Crippen molar-refractivity contribution >= 4 is 11.9 Å². The zero-order valence-corrected chi connectivity index (χ0v) is 7.42. The molecule has 0 aromatic heterocycles. The Labute approximate surface area is 75.8 Å². The molecule has 0 aromatic rings. The summed E-state index contributed by atoms with van der Waals surface area (Å²) in [5.74, 6) is -1.99. The molecule has 0 bridgehead atoms. The summed E-state index contributed by atoms with van der Waals surface area (Å²) in [6.45, 7) is 3.07. The molecule has 0 N–H and O–H groups in total. The van der Waals surface area contributed by atoms with Crippen LogP contribution in [0.1, 0.15) is 26.7 Å². The third-order valence-corrected chi connectivity index (χ3v) is 0.577. The minimum Gasteiger partial charge on any atom is -0.550 e. The van der Waals surface area contributed by atoms with Crippen molar-refractivity contribution in [3.05, 3.63) is 0 Å². The molecule has 0 aliphatic carbocycles. The maximum absolute atomic E-state index is 9.26. The Bertz CT molecular complexity index is 99.1. The number of carboxylic acid groups (broad SMARTS) is 2. The molecule has 0 fully saturated rings. The van der Waals surface area contributed by atoms with Crippen molar-refractivity contribution < 1.29 is 36.6 Å². The number of aliphatic carboxylic acids is 2. The Hall–Kier alpha value is -0.554. The van der Waals surface area contributed by atoms with Crippen LogP contribution in [-0.2, 0) is 26.4 Å². The van der Waals surface area contributed by atoms with Crippen molar-refractivity contribution in [3.8, 4) is 0 Å². The molecule has 0 saturated carbocycles. The number of carbonyl (C=O) groups is 2. The molecule has 11 heavy (non-hydrogen) atoms. The Morgan fingerprint density at radius 1 is 1.00 bits per heavy atom. The average molecular weight is 205 g/mol. The molecule has 0 spiro atoms. The van der Waals surface area contributed by atoms with Gasteiger partial charge in [-0.25, -0.2) is 0 Å². The molecule has 0 aromatic carbocycles. The molecule has 0 saturated heterocycles. The van der Waals surface area contributed by atoms with Crippen LogP contribution in [0.25, 0.3) is 0 Å². The van der Waals surface area contributed by atoms with Gasteiger partial charge in [-0.1, -0.05) is 13.8 Å². The van der Waals surface area contributed by atoms with Gasteiger partial charge in [0.2, 0.25) is 0 Å². The fourth-order valence-electron chi connectivity index (χ4n) is 0. The Kier molecular flexibility index (Phi) is 18.6. The summed E-state index contributed by atoms with van der Waals surface area (Å²) in [6, 6.07) is 0. The number of hydrogen-bond acceptors (Lipinski definition) is 4. The number of hydrogen-bond donors (Lipinski definition) is 0. The number of carbonyl (C=O) groups excluding carboxylic acids is 2. The second-order valence-corrected chi connectivity index (χ2v) is 1.45. The first kappa shape index (κ1) is 16.8.